The van der Waals surface area contributed by atoms with Gasteiger partial charge < -0.3 is 15.0 Å². The molecule has 3 fully saturated rings. The molecule has 4 nitrogen and oxygen atoms in total. The van der Waals surface area contributed by atoms with Gasteiger partial charge in [-0.05, 0) is 50.5 Å². The van der Waals surface area contributed by atoms with E-state index in [9.17, 15) is 4.79 Å². The van der Waals surface area contributed by atoms with E-state index in [-0.39, 0.29) is 5.91 Å². The Hall–Kier alpha value is -1.55. The first-order chi connectivity index (χ1) is 11.7. The summed E-state index contributed by atoms with van der Waals surface area (Å²) in [6.45, 7) is 2.61. The Bertz CT molecular complexity index is 568. The van der Waals surface area contributed by atoms with Crippen LogP contribution in [0.25, 0.3) is 0 Å². The molecule has 130 valence electrons. The number of ether oxygens (including phenoxy) is 1. The summed E-state index contributed by atoms with van der Waals surface area (Å²) in [5, 5.41) is 3.30. The van der Waals surface area contributed by atoms with Gasteiger partial charge in [0, 0.05) is 37.3 Å². The lowest BCUT2D eigenvalue weighted by Crippen LogP contribution is -3.22. The second kappa shape index (κ2) is 6.75. The molecule has 24 heavy (non-hydrogen) atoms. The van der Waals surface area contributed by atoms with E-state index in [0.717, 1.165) is 42.3 Å². The van der Waals surface area contributed by atoms with E-state index in [1.165, 1.54) is 32.1 Å². The van der Waals surface area contributed by atoms with Gasteiger partial charge in [0.05, 0.1) is 24.7 Å². The Labute approximate surface area is 144 Å². The predicted octanol–water partition coefficient (Wildman–Crippen LogP) is 1.95. The van der Waals surface area contributed by atoms with Crippen LogP contribution in [0.3, 0.4) is 0 Å². The van der Waals surface area contributed by atoms with Crippen molar-refractivity contribution < 1.29 is 14.4 Å². The average molecular weight is 329 g/mol. The van der Waals surface area contributed by atoms with Crippen LogP contribution in [0.4, 0.5) is 0 Å². The SMILES string of the molecule is CCOc1ccc(C(=O)NC2C[C@H]3CCC[C@H](C2)[NH+]3C2CC2)cc1. The number of hydrogen-bond donors (Lipinski definition) is 2. The van der Waals surface area contributed by atoms with E-state index in [1.807, 2.05) is 36.1 Å². The minimum absolute atomic E-state index is 0.0657. The molecular formula is C20H29N2O2+. The summed E-state index contributed by atoms with van der Waals surface area (Å²) in [6.07, 6.45) is 9.23. The number of nitrogens with one attached hydrogen (secondary N) is 2. The minimum atomic E-state index is 0.0657. The number of quaternary nitrogens is 1. The molecule has 2 saturated heterocycles. The first-order valence-electron chi connectivity index (χ1n) is 9.65. The van der Waals surface area contributed by atoms with Gasteiger partial charge in [-0.2, -0.15) is 0 Å². The number of rotatable bonds is 5. The van der Waals surface area contributed by atoms with E-state index in [1.54, 1.807) is 0 Å². The molecule has 0 aromatic heterocycles. The van der Waals surface area contributed by atoms with Crippen LogP contribution in [-0.2, 0) is 0 Å². The monoisotopic (exact) mass is 329 g/mol. The zero-order valence-corrected chi connectivity index (χ0v) is 14.6. The predicted molar refractivity (Wildman–Crippen MR) is 93.5 cm³/mol. The van der Waals surface area contributed by atoms with E-state index in [4.69, 9.17) is 4.74 Å². The van der Waals surface area contributed by atoms with Crippen molar-refractivity contribution in [1.29, 1.82) is 0 Å². The van der Waals surface area contributed by atoms with E-state index in [0.29, 0.717) is 12.6 Å². The van der Waals surface area contributed by atoms with Crippen LogP contribution in [0.5, 0.6) is 5.75 Å². The van der Waals surface area contributed by atoms with Crippen molar-refractivity contribution in [3.8, 4) is 5.75 Å². The van der Waals surface area contributed by atoms with Crippen LogP contribution in [0.2, 0.25) is 0 Å². The number of piperidine rings is 2. The summed E-state index contributed by atoms with van der Waals surface area (Å²) < 4.78 is 5.45. The number of amides is 1. The number of carbonyl (C=O) groups excluding carboxylic acids is 1. The summed E-state index contributed by atoms with van der Waals surface area (Å²) in [6, 6.07) is 10.3. The lowest BCUT2D eigenvalue weighted by molar-refractivity contribution is -0.971. The van der Waals surface area contributed by atoms with Gasteiger partial charge >= 0.3 is 0 Å². The van der Waals surface area contributed by atoms with Crippen LogP contribution in [0, 0.1) is 0 Å². The fraction of sp³-hybridized carbons (Fsp3) is 0.650. The molecule has 0 radical (unpaired) electrons. The molecule has 2 N–H and O–H groups in total. The van der Waals surface area contributed by atoms with E-state index < -0.39 is 0 Å². The lowest BCUT2D eigenvalue weighted by atomic mass is 9.81. The molecule has 1 amide bonds. The topological polar surface area (TPSA) is 42.8 Å². The maximum absolute atomic E-state index is 12.6. The van der Waals surface area contributed by atoms with Gasteiger partial charge in [0.25, 0.3) is 5.91 Å². The highest BCUT2D eigenvalue weighted by Gasteiger charge is 2.48. The maximum Gasteiger partial charge on any atom is 0.251 e. The second-order valence-electron chi connectivity index (χ2n) is 7.70. The van der Waals surface area contributed by atoms with Crippen LogP contribution >= 0.6 is 0 Å². The van der Waals surface area contributed by atoms with Gasteiger partial charge in [0.15, 0.2) is 0 Å². The molecule has 4 rings (SSSR count). The van der Waals surface area contributed by atoms with Gasteiger partial charge in [-0.1, -0.05) is 0 Å². The zero-order chi connectivity index (χ0) is 16.5. The number of hydrogen-bond acceptors (Lipinski definition) is 2. The highest BCUT2D eigenvalue weighted by Crippen LogP contribution is 2.27. The third kappa shape index (κ3) is 3.30. The first kappa shape index (κ1) is 15.9. The third-order valence-corrected chi connectivity index (χ3v) is 6.00. The van der Waals surface area contributed by atoms with Crippen LogP contribution in [-0.4, -0.2) is 36.7 Å². The largest absolute Gasteiger partial charge is 0.494 e. The molecule has 1 aromatic carbocycles. The molecule has 0 spiro atoms. The smallest absolute Gasteiger partial charge is 0.251 e. The van der Waals surface area contributed by atoms with E-state index >= 15 is 0 Å². The van der Waals surface area contributed by atoms with Crippen LogP contribution in [0.1, 0.15) is 62.2 Å². The lowest BCUT2D eigenvalue weighted by Gasteiger charge is -2.46. The highest BCUT2D eigenvalue weighted by molar-refractivity contribution is 5.94. The Morgan fingerprint density at radius 1 is 1.08 bits per heavy atom. The third-order valence-electron chi connectivity index (χ3n) is 6.00. The Morgan fingerprint density at radius 2 is 1.75 bits per heavy atom. The fourth-order valence-electron chi connectivity index (χ4n) is 4.91. The van der Waals surface area contributed by atoms with Crippen molar-refractivity contribution in [2.45, 2.75) is 76.0 Å². The van der Waals surface area contributed by atoms with Gasteiger partial charge in [-0.25, -0.2) is 0 Å². The Balaban J connectivity index is 1.37. The van der Waals surface area contributed by atoms with Crippen LogP contribution in [0.15, 0.2) is 24.3 Å². The molecule has 3 aliphatic rings. The summed E-state index contributed by atoms with van der Waals surface area (Å²) in [7, 11) is 0. The molecule has 2 aliphatic heterocycles. The molecular weight excluding hydrogens is 300 g/mol. The Morgan fingerprint density at radius 3 is 2.33 bits per heavy atom. The molecule has 4 heteroatoms. The van der Waals surface area contributed by atoms with Crippen molar-refractivity contribution in [3.63, 3.8) is 0 Å². The van der Waals surface area contributed by atoms with Gasteiger partial charge in [-0.15, -0.1) is 0 Å². The molecule has 2 heterocycles. The summed E-state index contributed by atoms with van der Waals surface area (Å²) in [5.41, 5.74) is 0.737. The van der Waals surface area contributed by atoms with Crippen molar-refractivity contribution in [2.75, 3.05) is 6.61 Å². The maximum atomic E-state index is 12.6. The van der Waals surface area contributed by atoms with E-state index in [2.05, 4.69) is 5.32 Å². The average Bonchev–Trinajstić information content (AvgIpc) is 3.40. The van der Waals surface area contributed by atoms with Crippen molar-refractivity contribution >= 4 is 5.91 Å². The Kier molecular flexibility index (Phi) is 4.49. The van der Waals surface area contributed by atoms with Gasteiger partial charge in [0.1, 0.15) is 5.75 Å². The molecule has 0 unspecified atom stereocenters. The number of fused-ring (bicyclic) bond motifs is 2. The zero-order valence-electron chi connectivity index (χ0n) is 14.6. The van der Waals surface area contributed by atoms with Crippen molar-refractivity contribution in [1.82, 2.24) is 5.32 Å². The quantitative estimate of drug-likeness (QED) is 0.867. The second-order valence-corrected chi connectivity index (χ2v) is 7.70. The summed E-state index contributed by atoms with van der Waals surface area (Å²) >= 11 is 0. The normalized spacial score (nSPS) is 32.2. The minimum Gasteiger partial charge on any atom is -0.494 e. The molecule has 1 aromatic rings. The van der Waals surface area contributed by atoms with Gasteiger partial charge in [-0.3, -0.25) is 4.79 Å². The fourth-order valence-corrected chi connectivity index (χ4v) is 4.91. The molecule has 2 bridgehead atoms. The molecule has 1 saturated carbocycles. The highest BCUT2D eigenvalue weighted by atomic mass is 16.5. The first-order valence-corrected chi connectivity index (χ1v) is 9.65. The molecule has 2 atom stereocenters. The number of carbonyl (C=O) groups is 1. The number of benzene rings is 1. The van der Waals surface area contributed by atoms with Crippen molar-refractivity contribution in [3.05, 3.63) is 29.8 Å². The summed E-state index contributed by atoms with van der Waals surface area (Å²) in [5.74, 6) is 0.890. The summed E-state index contributed by atoms with van der Waals surface area (Å²) in [4.78, 5) is 14.5. The van der Waals surface area contributed by atoms with Gasteiger partial charge in [0.2, 0.25) is 0 Å². The van der Waals surface area contributed by atoms with Crippen LogP contribution < -0.4 is 15.0 Å². The molecule has 1 aliphatic carbocycles. The standard InChI is InChI=1S/C20H28N2O2/c1-2-24-19-10-6-14(7-11-19)20(23)21-15-12-17-4-3-5-18(13-15)22(17)16-8-9-16/h6-7,10-11,15-18H,2-5,8-9,12-13H2,1H3,(H,21,23)/p+1/t17-,18-/m1/s1. The van der Waals surface area contributed by atoms with Crippen molar-refractivity contribution in [2.24, 2.45) is 0 Å².